The number of hydrogen-bond acceptors (Lipinski definition) is 3. The summed E-state index contributed by atoms with van der Waals surface area (Å²) >= 11 is 6.15. The summed E-state index contributed by atoms with van der Waals surface area (Å²) in [5.74, 6) is 1.92. The Hall–Kier alpha value is -2.18. The zero-order valence-corrected chi connectivity index (χ0v) is 12.6. The standard InChI is InChI=1S/C17H14ClNO2/c1-17(2)9-12-4-3-5-15(16(12)21-17)20-14-7-6-11(10-19)8-13(14)18/h3-8H,9H2,1-2H3. The van der Waals surface area contributed by atoms with E-state index in [9.17, 15) is 0 Å². The van der Waals surface area contributed by atoms with E-state index >= 15 is 0 Å². The molecule has 1 aliphatic heterocycles. The van der Waals surface area contributed by atoms with Gasteiger partial charge < -0.3 is 9.47 Å². The molecule has 3 rings (SSSR count). The minimum Gasteiger partial charge on any atom is -0.483 e. The minimum absolute atomic E-state index is 0.226. The van der Waals surface area contributed by atoms with Crippen molar-refractivity contribution in [3.05, 3.63) is 52.5 Å². The Labute approximate surface area is 128 Å². The molecule has 0 amide bonds. The third-order valence-corrected chi connectivity index (χ3v) is 3.63. The van der Waals surface area contributed by atoms with Gasteiger partial charge in [0.15, 0.2) is 11.5 Å². The molecule has 0 N–H and O–H groups in total. The average Bonchev–Trinajstić information content (AvgIpc) is 2.76. The first-order chi connectivity index (χ1) is 9.98. The maximum Gasteiger partial charge on any atom is 0.169 e. The molecule has 0 radical (unpaired) electrons. The highest BCUT2D eigenvalue weighted by Gasteiger charge is 2.32. The smallest absolute Gasteiger partial charge is 0.169 e. The lowest BCUT2D eigenvalue weighted by Crippen LogP contribution is -2.24. The zero-order valence-electron chi connectivity index (χ0n) is 11.8. The van der Waals surface area contributed by atoms with E-state index in [1.165, 1.54) is 0 Å². The molecule has 21 heavy (non-hydrogen) atoms. The highest BCUT2D eigenvalue weighted by Crippen LogP contribution is 2.44. The fraction of sp³-hybridized carbons (Fsp3) is 0.235. The fourth-order valence-electron chi connectivity index (χ4n) is 2.44. The second-order valence-corrected chi connectivity index (χ2v) is 6.05. The number of para-hydroxylation sites is 1. The lowest BCUT2D eigenvalue weighted by molar-refractivity contribution is 0.135. The normalized spacial score (nSPS) is 15.0. The largest absolute Gasteiger partial charge is 0.483 e. The second-order valence-electron chi connectivity index (χ2n) is 5.64. The summed E-state index contributed by atoms with van der Waals surface area (Å²) in [4.78, 5) is 0. The summed E-state index contributed by atoms with van der Waals surface area (Å²) in [7, 11) is 0. The lowest BCUT2D eigenvalue weighted by atomic mass is 10.0. The number of rotatable bonds is 2. The monoisotopic (exact) mass is 299 g/mol. The number of benzene rings is 2. The van der Waals surface area contributed by atoms with Gasteiger partial charge in [0.05, 0.1) is 16.7 Å². The Kier molecular flexibility index (Phi) is 3.27. The van der Waals surface area contributed by atoms with Crippen molar-refractivity contribution in [1.82, 2.24) is 0 Å². The molecular formula is C17H14ClNO2. The number of halogens is 1. The van der Waals surface area contributed by atoms with Crippen LogP contribution in [-0.2, 0) is 6.42 Å². The van der Waals surface area contributed by atoms with E-state index in [0.717, 1.165) is 17.7 Å². The molecule has 106 valence electrons. The Morgan fingerprint density at radius 2 is 2.05 bits per heavy atom. The number of nitriles is 1. The van der Waals surface area contributed by atoms with Gasteiger partial charge in [0.2, 0.25) is 0 Å². The molecule has 0 saturated carbocycles. The van der Waals surface area contributed by atoms with Crippen LogP contribution in [0.25, 0.3) is 0 Å². The molecule has 0 saturated heterocycles. The number of fused-ring (bicyclic) bond motifs is 1. The molecule has 0 fully saturated rings. The summed E-state index contributed by atoms with van der Waals surface area (Å²) in [5, 5.41) is 9.26. The molecule has 0 unspecified atom stereocenters. The SMILES string of the molecule is CC1(C)Cc2cccc(Oc3ccc(C#N)cc3Cl)c2O1. The van der Waals surface area contributed by atoms with Gasteiger partial charge in [-0.25, -0.2) is 0 Å². The van der Waals surface area contributed by atoms with Gasteiger partial charge in [-0.1, -0.05) is 23.7 Å². The summed E-state index contributed by atoms with van der Waals surface area (Å²) in [6, 6.07) is 12.8. The van der Waals surface area contributed by atoms with Crippen molar-refractivity contribution in [3.8, 4) is 23.3 Å². The third kappa shape index (κ3) is 2.68. The van der Waals surface area contributed by atoms with Crippen LogP contribution in [0.2, 0.25) is 5.02 Å². The first-order valence-corrected chi connectivity index (χ1v) is 7.05. The summed E-state index contributed by atoms with van der Waals surface area (Å²) in [6.45, 7) is 4.09. The molecule has 2 aromatic carbocycles. The van der Waals surface area contributed by atoms with Crippen LogP contribution in [-0.4, -0.2) is 5.60 Å². The van der Waals surface area contributed by atoms with Crippen LogP contribution >= 0.6 is 11.6 Å². The Morgan fingerprint density at radius 3 is 2.76 bits per heavy atom. The van der Waals surface area contributed by atoms with E-state index in [0.29, 0.717) is 22.1 Å². The van der Waals surface area contributed by atoms with E-state index in [4.69, 9.17) is 26.3 Å². The van der Waals surface area contributed by atoms with Gasteiger partial charge in [-0.2, -0.15) is 5.26 Å². The van der Waals surface area contributed by atoms with Crippen LogP contribution in [0, 0.1) is 11.3 Å². The van der Waals surface area contributed by atoms with Crippen molar-refractivity contribution in [3.63, 3.8) is 0 Å². The van der Waals surface area contributed by atoms with E-state index in [1.54, 1.807) is 18.2 Å². The van der Waals surface area contributed by atoms with Crippen LogP contribution < -0.4 is 9.47 Å². The zero-order chi connectivity index (χ0) is 15.0. The highest BCUT2D eigenvalue weighted by molar-refractivity contribution is 6.32. The quantitative estimate of drug-likeness (QED) is 0.806. The van der Waals surface area contributed by atoms with E-state index in [-0.39, 0.29) is 5.60 Å². The number of hydrogen-bond donors (Lipinski definition) is 0. The van der Waals surface area contributed by atoms with Gasteiger partial charge in [0, 0.05) is 12.0 Å². The van der Waals surface area contributed by atoms with Gasteiger partial charge in [0.1, 0.15) is 11.4 Å². The maximum atomic E-state index is 8.86. The van der Waals surface area contributed by atoms with E-state index in [1.807, 2.05) is 38.1 Å². The maximum absolute atomic E-state index is 8.86. The minimum atomic E-state index is -0.226. The Morgan fingerprint density at radius 1 is 1.24 bits per heavy atom. The third-order valence-electron chi connectivity index (χ3n) is 3.34. The number of ether oxygens (including phenoxy) is 2. The molecule has 2 aromatic rings. The first-order valence-electron chi connectivity index (χ1n) is 6.67. The van der Waals surface area contributed by atoms with Crippen molar-refractivity contribution in [2.24, 2.45) is 0 Å². The van der Waals surface area contributed by atoms with Gasteiger partial charge in [-0.3, -0.25) is 0 Å². The van der Waals surface area contributed by atoms with Gasteiger partial charge in [-0.05, 0) is 38.1 Å². The molecule has 4 heteroatoms. The van der Waals surface area contributed by atoms with Crippen LogP contribution in [0.1, 0.15) is 25.0 Å². The van der Waals surface area contributed by atoms with Crippen LogP contribution in [0.15, 0.2) is 36.4 Å². The average molecular weight is 300 g/mol. The highest BCUT2D eigenvalue weighted by atomic mass is 35.5. The van der Waals surface area contributed by atoms with E-state index < -0.39 is 0 Å². The Bertz CT molecular complexity index is 747. The molecule has 3 nitrogen and oxygen atoms in total. The summed E-state index contributed by atoms with van der Waals surface area (Å²) in [5.41, 5.74) is 1.40. The van der Waals surface area contributed by atoms with Gasteiger partial charge in [0.25, 0.3) is 0 Å². The van der Waals surface area contributed by atoms with E-state index in [2.05, 4.69) is 0 Å². The molecule has 0 atom stereocenters. The van der Waals surface area contributed by atoms with Crippen LogP contribution in [0.4, 0.5) is 0 Å². The topological polar surface area (TPSA) is 42.2 Å². The molecule has 0 aliphatic carbocycles. The molecule has 0 spiro atoms. The predicted molar refractivity (Wildman–Crippen MR) is 81.1 cm³/mol. The summed E-state index contributed by atoms with van der Waals surface area (Å²) in [6.07, 6.45) is 0.848. The van der Waals surface area contributed by atoms with Crippen molar-refractivity contribution in [2.45, 2.75) is 25.9 Å². The lowest BCUT2D eigenvalue weighted by Gasteiger charge is -2.18. The molecular weight excluding hydrogens is 286 g/mol. The van der Waals surface area contributed by atoms with Crippen LogP contribution in [0.5, 0.6) is 17.2 Å². The Balaban J connectivity index is 1.94. The first kappa shape index (κ1) is 13.8. The van der Waals surface area contributed by atoms with Gasteiger partial charge >= 0.3 is 0 Å². The van der Waals surface area contributed by atoms with Crippen molar-refractivity contribution < 1.29 is 9.47 Å². The fourth-order valence-corrected chi connectivity index (χ4v) is 2.66. The molecule has 1 aliphatic rings. The second kappa shape index (κ2) is 4.98. The molecule has 1 heterocycles. The molecule has 0 aromatic heterocycles. The van der Waals surface area contributed by atoms with Gasteiger partial charge in [-0.15, -0.1) is 0 Å². The van der Waals surface area contributed by atoms with Crippen LogP contribution in [0.3, 0.4) is 0 Å². The summed E-state index contributed by atoms with van der Waals surface area (Å²) < 4.78 is 11.8. The van der Waals surface area contributed by atoms with Crippen molar-refractivity contribution in [1.29, 1.82) is 5.26 Å². The number of nitrogens with zero attached hydrogens (tertiary/aromatic N) is 1. The van der Waals surface area contributed by atoms with Crippen molar-refractivity contribution >= 4 is 11.6 Å². The molecule has 0 bridgehead atoms. The predicted octanol–water partition coefficient (Wildman–Crippen LogP) is 4.72. The van der Waals surface area contributed by atoms with Crippen molar-refractivity contribution in [2.75, 3.05) is 0 Å².